The van der Waals surface area contributed by atoms with Gasteiger partial charge in [-0.05, 0) is 25.0 Å². The lowest BCUT2D eigenvalue weighted by Gasteiger charge is -2.11. The van der Waals surface area contributed by atoms with Crippen LogP contribution in [0.15, 0.2) is 36.4 Å². The molecule has 1 aromatic carbocycles. The van der Waals surface area contributed by atoms with Crippen LogP contribution < -0.4 is 4.74 Å². The second-order valence-electron chi connectivity index (χ2n) is 5.71. The smallest absolute Gasteiger partial charge is 0.142 e. The molecule has 0 bridgehead atoms. The van der Waals surface area contributed by atoms with E-state index in [0.29, 0.717) is 17.7 Å². The summed E-state index contributed by atoms with van der Waals surface area (Å²) in [5.41, 5.74) is 2.92. The lowest BCUT2D eigenvalue weighted by Crippen LogP contribution is -2.01. The van der Waals surface area contributed by atoms with Crippen LogP contribution in [0.25, 0.3) is 10.9 Å². The van der Waals surface area contributed by atoms with Gasteiger partial charge in [-0.25, -0.2) is 4.98 Å². The molecular formula is C17H16ClN3O. The first-order valence-electron chi connectivity index (χ1n) is 7.41. The van der Waals surface area contributed by atoms with Gasteiger partial charge in [-0.2, -0.15) is 5.10 Å². The van der Waals surface area contributed by atoms with Gasteiger partial charge in [0.2, 0.25) is 0 Å². The van der Waals surface area contributed by atoms with Crippen molar-refractivity contribution in [3.05, 3.63) is 52.9 Å². The molecule has 2 aromatic heterocycles. The number of halogens is 1. The van der Waals surface area contributed by atoms with Crippen molar-refractivity contribution in [2.45, 2.75) is 25.4 Å². The number of aromatic nitrogens is 3. The van der Waals surface area contributed by atoms with E-state index >= 15 is 0 Å². The summed E-state index contributed by atoms with van der Waals surface area (Å²) in [5, 5.41) is 6.02. The van der Waals surface area contributed by atoms with Crippen molar-refractivity contribution in [3.8, 4) is 5.75 Å². The van der Waals surface area contributed by atoms with Crippen LogP contribution in [-0.2, 0) is 13.7 Å². The number of fused-ring (bicyclic) bond motifs is 1. The Kier molecular flexibility index (Phi) is 3.26. The van der Waals surface area contributed by atoms with Crippen LogP contribution in [0.5, 0.6) is 5.75 Å². The van der Waals surface area contributed by atoms with Crippen molar-refractivity contribution in [3.63, 3.8) is 0 Å². The summed E-state index contributed by atoms with van der Waals surface area (Å²) < 4.78 is 7.64. The number of aryl methyl sites for hydroxylation is 1. The van der Waals surface area contributed by atoms with Crippen molar-refractivity contribution >= 4 is 22.5 Å². The molecular weight excluding hydrogens is 298 g/mol. The van der Waals surface area contributed by atoms with Gasteiger partial charge in [-0.15, -0.1) is 0 Å². The minimum atomic E-state index is 0.403. The van der Waals surface area contributed by atoms with E-state index in [1.165, 1.54) is 12.8 Å². The molecule has 22 heavy (non-hydrogen) atoms. The molecule has 1 fully saturated rings. The summed E-state index contributed by atoms with van der Waals surface area (Å²) in [6.45, 7) is 0.403. The molecule has 4 rings (SSSR count). The summed E-state index contributed by atoms with van der Waals surface area (Å²) >= 11 is 6.01. The van der Waals surface area contributed by atoms with E-state index in [2.05, 4.69) is 17.2 Å². The van der Waals surface area contributed by atoms with Crippen LogP contribution in [0.1, 0.15) is 30.1 Å². The number of hydrogen-bond donors (Lipinski definition) is 0. The number of ether oxygens (including phenoxy) is 1. The number of rotatable bonds is 4. The van der Waals surface area contributed by atoms with Gasteiger partial charge in [0.1, 0.15) is 23.2 Å². The largest absolute Gasteiger partial charge is 0.485 e. The zero-order valence-corrected chi connectivity index (χ0v) is 13.0. The predicted octanol–water partition coefficient (Wildman–Crippen LogP) is 4.08. The van der Waals surface area contributed by atoms with E-state index in [4.69, 9.17) is 21.3 Å². The molecule has 0 aliphatic heterocycles. The van der Waals surface area contributed by atoms with Gasteiger partial charge in [-0.3, -0.25) is 4.68 Å². The Hall–Kier alpha value is -2.07. The molecule has 1 aliphatic carbocycles. The highest BCUT2D eigenvalue weighted by Crippen LogP contribution is 2.44. The van der Waals surface area contributed by atoms with Gasteiger partial charge in [0.25, 0.3) is 0 Å². The van der Waals surface area contributed by atoms with Crippen molar-refractivity contribution in [2.75, 3.05) is 0 Å². The minimum Gasteiger partial charge on any atom is -0.485 e. The standard InChI is InChI=1S/C17H16ClN3O/c1-21-16(18)9-13(20-21)10-22-15-8-12-4-2-3-5-14(12)19-17(15)11-6-7-11/h2-5,8-9,11H,6-7,10H2,1H3. The normalized spacial score (nSPS) is 14.5. The molecule has 3 aromatic rings. The first-order valence-corrected chi connectivity index (χ1v) is 7.79. The Morgan fingerprint density at radius 1 is 1.27 bits per heavy atom. The molecule has 2 heterocycles. The van der Waals surface area contributed by atoms with Gasteiger partial charge in [0.15, 0.2) is 0 Å². The highest BCUT2D eigenvalue weighted by molar-refractivity contribution is 6.29. The molecule has 0 unspecified atom stereocenters. The number of para-hydroxylation sites is 1. The fourth-order valence-corrected chi connectivity index (χ4v) is 2.76. The Bertz CT molecular complexity index is 820. The fourth-order valence-electron chi connectivity index (χ4n) is 2.60. The van der Waals surface area contributed by atoms with Crippen LogP contribution in [0.2, 0.25) is 5.15 Å². The van der Waals surface area contributed by atoms with Crippen LogP contribution >= 0.6 is 11.6 Å². The van der Waals surface area contributed by atoms with Gasteiger partial charge >= 0.3 is 0 Å². The molecule has 0 amide bonds. The Morgan fingerprint density at radius 3 is 2.82 bits per heavy atom. The maximum absolute atomic E-state index is 6.01. The number of hydrogen-bond acceptors (Lipinski definition) is 3. The first kappa shape index (κ1) is 13.6. The van der Waals surface area contributed by atoms with Crippen LogP contribution in [0.3, 0.4) is 0 Å². The zero-order chi connectivity index (χ0) is 15.1. The first-order chi connectivity index (χ1) is 10.7. The summed E-state index contributed by atoms with van der Waals surface area (Å²) in [6, 6.07) is 12.0. The maximum atomic E-state index is 6.01. The van der Waals surface area contributed by atoms with Crippen LogP contribution in [0.4, 0.5) is 0 Å². The lowest BCUT2D eigenvalue weighted by molar-refractivity contribution is 0.296. The molecule has 0 radical (unpaired) electrons. The van der Waals surface area contributed by atoms with E-state index < -0.39 is 0 Å². The highest BCUT2D eigenvalue weighted by Gasteiger charge is 2.29. The number of nitrogens with zero attached hydrogens (tertiary/aromatic N) is 3. The average Bonchev–Trinajstić information content (AvgIpc) is 3.31. The quantitative estimate of drug-likeness (QED) is 0.728. The molecule has 1 aliphatic rings. The van der Waals surface area contributed by atoms with Crippen molar-refractivity contribution in [1.29, 1.82) is 0 Å². The molecule has 0 saturated heterocycles. The van der Waals surface area contributed by atoms with Gasteiger partial charge in [0, 0.05) is 24.4 Å². The number of benzene rings is 1. The van der Waals surface area contributed by atoms with E-state index in [0.717, 1.165) is 28.0 Å². The third kappa shape index (κ3) is 2.55. The van der Waals surface area contributed by atoms with Crippen LogP contribution in [-0.4, -0.2) is 14.8 Å². The van der Waals surface area contributed by atoms with Crippen molar-refractivity contribution < 1.29 is 4.74 Å². The van der Waals surface area contributed by atoms with Crippen LogP contribution in [0, 0.1) is 0 Å². The third-order valence-corrected chi connectivity index (χ3v) is 4.28. The molecule has 5 heteroatoms. The average molecular weight is 314 g/mol. The zero-order valence-electron chi connectivity index (χ0n) is 12.3. The highest BCUT2D eigenvalue weighted by atomic mass is 35.5. The summed E-state index contributed by atoms with van der Waals surface area (Å²) in [6.07, 6.45) is 2.38. The third-order valence-electron chi connectivity index (χ3n) is 3.93. The second-order valence-corrected chi connectivity index (χ2v) is 6.10. The van der Waals surface area contributed by atoms with Gasteiger partial charge < -0.3 is 4.74 Å². The molecule has 0 N–H and O–H groups in total. The second kappa shape index (κ2) is 5.29. The van der Waals surface area contributed by atoms with Crippen molar-refractivity contribution in [1.82, 2.24) is 14.8 Å². The summed E-state index contributed by atoms with van der Waals surface area (Å²) in [4.78, 5) is 4.80. The summed E-state index contributed by atoms with van der Waals surface area (Å²) in [5.74, 6) is 1.40. The molecule has 4 nitrogen and oxygen atoms in total. The SMILES string of the molecule is Cn1nc(COc2cc3ccccc3nc2C2CC2)cc1Cl. The lowest BCUT2D eigenvalue weighted by atomic mass is 10.1. The molecule has 0 spiro atoms. The Balaban J connectivity index is 1.65. The fraction of sp³-hybridized carbons (Fsp3) is 0.294. The topological polar surface area (TPSA) is 39.9 Å². The molecule has 0 atom stereocenters. The van der Waals surface area contributed by atoms with Crippen molar-refractivity contribution in [2.24, 2.45) is 7.05 Å². The maximum Gasteiger partial charge on any atom is 0.142 e. The van der Waals surface area contributed by atoms with E-state index in [1.807, 2.05) is 31.3 Å². The Morgan fingerprint density at radius 2 is 2.09 bits per heavy atom. The predicted molar refractivity (Wildman–Crippen MR) is 86.3 cm³/mol. The van der Waals surface area contributed by atoms with Gasteiger partial charge in [0.05, 0.1) is 11.2 Å². The molecule has 112 valence electrons. The summed E-state index contributed by atoms with van der Waals surface area (Å²) in [7, 11) is 1.82. The van der Waals surface area contributed by atoms with E-state index in [1.54, 1.807) is 4.68 Å². The minimum absolute atomic E-state index is 0.403. The van der Waals surface area contributed by atoms with Gasteiger partial charge in [-0.1, -0.05) is 29.8 Å². The Labute approximate surface area is 133 Å². The van der Waals surface area contributed by atoms with E-state index in [-0.39, 0.29) is 0 Å². The monoisotopic (exact) mass is 313 g/mol. The molecule has 1 saturated carbocycles. The van der Waals surface area contributed by atoms with E-state index in [9.17, 15) is 0 Å². The number of pyridine rings is 1.